The number of aryl methyl sites for hydroxylation is 1. The lowest BCUT2D eigenvalue weighted by Gasteiger charge is -2.14. The number of halogens is 3. The van der Waals surface area contributed by atoms with Gasteiger partial charge in [-0.3, -0.25) is 0 Å². The first-order valence-corrected chi connectivity index (χ1v) is 6.02. The van der Waals surface area contributed by atoms with Crippen molar-refractivity contribution in [3.63, 3.8) is 0 Å². The fraction of sp³-hybridized carbons (Fsp3) is 0.286. The van der Waals surface area contributed by atoms with Crippen LogP contribution in [-0.4, -0.2) is 6.36 Å². The van der Waals surface area contributed by atoms with E-state index in [2.05, 4.69) is 10.1 Å². The summed E-state index contributed by atoms with van der Waals surface area (Å²) in [4.78, 5) is 0. The van der Waals surface area contributed by atoms with Gasteiger partial charge in [0, 0.05) is 11.8 Å². The molecule has 0 fully saturated rings. The molecule has 108 valence electrons. The molecule has 0 radical (unpaired) electrons. The summed E-state index contributed by atoms with van der Waals surface area (Å²) in [5.74, 6) is 1.23. The largest absolute Gasteiger partial charge is 0.573 e. The molecule has 1 atom stereocenters. The lowest BCUT2D eigenvalue weighted by atomic mass is 10.2. The molecule has 1 N–H and O–H groups in total. The van der Waals surface area contributed by atoms with Crippen LogP contribution in [0.4, 0.5) is 18.9 Å². The molecule has 0 saturated carbocycles. The number of alkyl halides is 3. The van der Waals surface area contributed by atoms with Crippen LogP contribution in [0, 0.1) is 6.92 Å². The van der Waals surface area contributed by atoms with E-state index in [0.717, 1.165) is 5.76 Å². The Morgan fingerprint density at radius 3 is 2.55 bits per heavy atom. The van der Waals surface area contributed by atoms with Gasteiger partial charge in [0.2, 0.25) is 0 Å². The lowest BCUT2D eigenvalue weighted by molar-refractivity contribution is -0.274. The first kappa shape index (κ1) is 14.3. The molecular formula is C14H14F3NO2. The third-order valence-corrected chi connectivity index (χ3v) is 2.64. The molecule has 2 aromatic rings. The Kier molecular flexibility index (Phi) is 3.92. The Bertz CT molecular complexity index is 578. The molecule has 0 amide bonds. The second kappa shape index (κ2) is 5.48. The highest BCUT2D eigenvalue weighted by Crippen LogP contribution is 2.27. The quantitative estimate of drug-likeness (QED) is 0.887. The molecule has 1 unspecified atom stereocenters. The van der Waals surface area contributed by atoms with E-state index in [0.29, 0.717) is 11.4 Å². The summed E-state index contributed by atoms with van der Waals surface area (Å²) in [5.41, 5.74) is 0.522. The van der Waals surface area contributed by atoms with Crippen LogP contribution in [0.15, 0.2) is 40.8 Å². The second-order valence-corrected chi connectivity index (χ2v) is 4.39. The monoisotopic (exact) mass is 285 g/mol. The predicted molar refractivity (Wildman–Crippen MR) is 68.6 cm³/mol. The van der Waals surface area contributed by atoms with Gasteiger partial charge >= 0.3 is 6.36 Å². The van der Waals surface area contributed by atoms with Crippen molar-refractivity contribution in [1.29, 1.82) is 0 Å². The van der Waals surface area contributed by atoms with Gasteiger partial charge in [-0.15, -0.1) is 13.2 Å². The number of furan rings is 1. The van der Waals surface area contributed by atoms with Gasteiger partial charge in [-0.1, -0.05) is 6.07 Å². The first-order chi connectivity index (χ1) is 9.33. The van der Waals surface area contributed by atoms with Gasteiger partial charge in [0.05, 0.1) is 6.04 Å². The number of rotatable bonds is 4. The third-order valence-electron chi connectivity index (χ3n) is 2.64. The van der Waals surface area contributed by atoms with Crippen molar-refractivity contribution in [3.8, 4) is 5.75 Å². The van der Waals surface area contributed by atoms with Crippen LogP contribution in [0.2, 0.25) is 0 Å². The first-order valence-electron chi connectivity index (χ1n) is 6.02. The van der Waals surface area contributed by atoms with Crippen molar-refractivity contribution < 1.29 is 22.3 Å². The van der Waals surface area contributed by atoms with Crippen LogP contribution < -0.4 is 10.1 Å². The number of nitrogens with one attached hydrogen (secondary N) is 1. The maximum absolute atomic E-state index is 12.1. The Morgan fingerprint density at radius 2 is 1.95 bits per heavy atom. The Balaban J connectivity index is 2.08. The van der Waals surface area contributed by atoms with Crippen molar-refractivity contribution in [2.24, 2.45) is 0 Å². The summed E-state index contributed by atoms with van der Waals surface area (Å²) < 4.78 is 45.8. The molecular weight excluding hydrogens is 271 g/mol. The molecule has 3 nitrogen and oxygen atoms in total. The topological polar surface area (TPSA) is 34.4 Å². The molecule has 20 heavy (non-hydrogen) atoms. The van der Waals surface area contributed by atoms with Crippen molar-refractivity contribution >= 4 is 5.69 Å². The van der Waals surface area contributed by atoms with Crippen molar-refractivity contribution in [2.45, 2.75) is 26.3 Å². The SMILES string of the molecule is Cc1ccc(C(C)Nc2cccc(OC(F)(F)F)c2)o1. The van der Waals surface area contributed by atoms with Crippen LogP contribution in [0.5, 0.6) is 5.75 Å². The normalized spacial score (nSPS) is 13.1. The minimum absolute atomic E-state index is 0.162. The van der Waals surface area contributed by atoms with E-state index >= 15 is 0 Å². The zero-order valence-electron chi connectivity index (χ0n) is 11.0. The average Bonchev–Trinajstić information content (AvgIpc) is 2.74. The van der Waals surface area contributed by atoms with Crippen molar-refractivity contribution in [3.05, 3.63) is 47.9 Å². The van der Waals surface area contributed by atoms with Gasteiger partial charge in [0.15, 0.2) is 0 Å². The van der Waals surface area contributed by atoms with Gasteiger partial charge in [-0.2, -0.15) is 0 Å². The number of hydrogen-bond donors (Lipinski definition) is 1. The lowest BCUT2D eigenvalue weighted by Crippen LogP contribution is -2.17. The Labute approximate surface area is 114 Å². The highest BCUT2D eigenvalue weighted by molar-refractivity contribution is 5.49. The molecule has 0 aliphatic carbocycles. The molecule has 1 aromatic heterocycles. The van der Waals surface area contributed by atoms with E-state index in [1.165, 1.54) is 18.2 Å². The zero-order valence-corrected chi connectivity index (χ0v) is 11.0. The number of hydrogen-bond acceptors (Lipinski definition) is 3. The van der Waals surface area contributed by atoms with E-state index < -0.39 is 6.36 Å². The summed E-state index contributed by atoms with van der Waals surface area (Å²) in [7, 11) is 0. The minimum Gasteiger partial charge on any atom is -0.464 e. The van der Waals surface area contributed by atoms with Gasteiger partial charge in [0.1, 0.15) is 17.3 Å². The van der Waals surface area contributed by atoms with Gasteiger partial charge < -0.3 is 14.5 Å². The van der Waals surface area contributed by atoms with Crippen LogP contribution in [0.3, 0.4) is 0 Å². The summed E-state index contributed by atoms with van der Waals surface area (Å²) in [6.07, 6.45) is -4.69. The molecule has 0 spiro atoms. The predicted octanol–water partition coefficient (Wildman–Crippen LogP) is 4.66. The fourth-order valence-corrected chi connectivity index (χ4v) is 1.79. The standard InChI is InChI=1S/C14H14F3NO2/c1-9-6-7-13(19-9)10(2)18-11-4-3-5-12(8-11)20-14(15,16)17/h3-8,10,18H,1-2H3. The van der Waals surface area contributed by atoms with Gasteiger partial charge in [0.25, 0.3) is 0 Å². The van der Waals surface area contributed by atoms with Crippen molar-refractivity contribution in [2.75, 3.05) is 5.32 Å². The molecule has 0 aliphatic rings. The Morgan fingerprint density at radius 1 is 1.20 bits per heavy atom. The summed E-state index contributed by atoms with van der Waals surface area (Å²) in [5, 5.41) is 3.06. The maximum atomic E-state index is 12.1. The molecule has 1 heterocycles. The van der Waals surface area contributed by atoms with Crippen LogP contribution in [0.25, 0.3) is 0 Å². The average molecular weight is 285 g/mol. The fourth-order valence-electron chi connectivity index (χ4n) is 1.79. The van der Waals surface area contributed by atoms with Gasteiger partial charge in [-0.25, -0.2) is 0 Å². The van der Waals surface area contributed by atoms with Crippen molar-refractivity contribution in [1.82, 2.24) is 0 Å². The van der Waals surface area contributed by atoms with E-state index in [4.69, 9.17) is 4.42 Å². The number of anilines is 1. The summed E-state index contributed by atoms with van der Waals surface area (Å²) in [6.45, 7) is 3.68. The molecule has 6 heteroatoms. The summed E-state index contributed by atoms with van der Waals surface area (Å²) in [6, 6.07) is 9.18. The van der Waals surface area contributed by atoms with Crippen LogP contribution in [0.1, 0.15) is 24.5 Å². The van der Waals surface area contributed by atoms with Crippen LogP contribution >= 0.6 is 0 Å². The number of benzene rings is 1. The molecule has 1 aromatic carbocycles. The highest BCUT2D eigenvalue weighted by atomic mass is 19.4. The minimum atomic E-state index is -4.69. The second-order valence-electron chi connectivity index (χ2n) is 4.39. The molecule has 0 bridgehead atoms. The smallest absolute Gasteiger partial charge is 0.464 e. The van der Waals surface area contributed by atoms with Gasteiger partial charge in [-0.05, 0) is 38.1 Å². The molecule has 2 rings (SSSR count). The maximum Gasteiger partial charge on any atom is 0.573 e. The van der Waals surface area contributed by atoms with E-state index in [-0.39, 0.29) is 11.8 Å². The Hall–Kier alpha value is -2.11. The third kappa shape index (κ3) is 3.94. The van der Waals surface area contributed by atoms with Crippen LogP contribution in [-0.2, 0) is 0 Å². The molecule has 0 saturated heterocycles. The van der Waals surface area contributed by atoms with E-state index in [1.807, 2.05) is 26.0 Å². The summed E-state index contributed by atoms with van der Waals surface area (Å²) >= 11 is 0. The number of ether oxygens (including phenoxy) is 1. The molecule has 0 aliphatic heterocycles. The van der Waals surface area contributed by atoms with E-state index in [9.17, 15) is 13.2 Å². The zero-order chi connectivity index (χ0) is 14.8. The highest BCUT2D eigenvalue weighted by Gasteiger charge is 2.31. The van der Waals surface area contributed by atoms with E-state index in [1.54, 1.807) is 6.07 Å².